The molecular formula is C25H29ClN4O3. The number of benzene rings is 2. The first-order chi connectivity index (χ1) is 16.0. The number of H-pyrrole nitrogens is 1. The second-order valence-electron chi connectivity index (χ2n) is 7.36. The highest BCUT2D eigenvalue weighted by molar-refractivity contribution is 6.30. The number of aliphatic hydroxyl groups is 1. The van der Waals surface area contributed by atoms with E-state index >= 15 is 0 Å². The molecule has 174 valence electrons. The molecule has 8 heteroatoms. The van der Waals surface area contributed by atoms with Crippen LogP contribution in [-0.2, 0) is 0 Å². The first-order valence-corrected chi connectivity index (χ1v) is 11.3. The van der Waals surface area contributed by atoms with Crippen LogP contribution in [0.2, 0.25) is 5.02 Å². The molecule has 3 N–H and O–H groups in total. The summed E-state index contributed by atoms with van der Waals surface area (Å²) in [6, 6.07) is 14.5. The van der Waals surface area contributed by atoms with E-state index in [-0.39, 0.29) is 12.0 Å². The minimum absolute atomic E-state index is 0.355. The van der Waals surface area contributed by atoms with Crippen LogP contribution in [0.5, 0.6) is 5.75 Å². The molecule has 0 unspecified atom stereocenters. The zero-order chi connectivity index (χ0) is 24.0. The number of nitrogens with zero attached hydrogens (tertiary/aromatic N) is 2. The summed E-state index contributed by atoms with van der Waals surface area (Å²) >= 11 is 5.95. The number of rotatable bonds is 6. The van der Waals surface area contributed by atoms with Gasteiger partial charge in [-0.05, 0) is 47.9 Å². The number of nitrogens with one attached hydrogen (secondary N) is 2. The van der Waals surface area contributed by atoms with Crippen LogP contribution in [-0.4, -0.2) is 48.6 Å². The standard InChI is InChI=1S/C23H23ClN4O3.C2H6/c1-31-22-11-18(6-7-21(22)27-9-8-19(29)13-27)28(14-25)23(30)20-10-16(12-26-20)15-2-4-17(24)5-3-15;1-2/h2-7,10-12,14,19,25-26,29H,8-9,13H2,1H3;1-2H3/t19-;/m1./s1. The van der Waals surface area contributed by atoms with E-state index in [4.69, 9.17) is 21.7 Å². The van der Waals surface area contributed by atoms with E-state index in [9.17, 15) is 9.90 Å². The summed E-state index contributed by atoms with van der Waals surface area (Å²) in [6.45, 7) is 5.28. The van der Waals surface area contributed by atoms with E-state index in [0.29, 0.717) is 35.1 Å². The second kappa shape index (κ2) is 11.0. The third-order valence-electron chi connectivity index (χ3n) is 5.38. The molecule has 0 aliphatic carbocycles. The van der Waals surface area contributed by atoms with Crippen LogP contribution in [0.1, 0.15) is 30.8 Å². The normalized spacial score (nSPS) is 14.9. The topological polar surface area (TPSA) is 92.7 Å². The maximum atomic E-state index is 13.1. The molecule has 1 aliphatic rings. The van der Waals surface area contributed by atoms with Gasteiger partial charge in [0.15, 0.2) is 0 Å². The number of ether oxygens (including phenoxy) is 1. The van der Waals surface area contributed by atoms with Gasteiger partial charge in [0.05, 0.1) is 30.9 Å². The van der Waals surface area contributed by atoms with Crippen molar-refractivity contribution in [1.29, 1.82) is 5.41 Å². The van der Waals surface area contributed by atoms with Crippen molar-refractivity contribution in [2.45, 2.75) is 26.4 Å². The molecule has 0 radical (unpaired) electrons. The Balaban J connectivity index is 0.00000149. The van der Waals surface area contributed by atoms with Gasteiger partial charge >= 0.3 is 0 Å². The maximum Gasteiger partial charge on any atom is 0.279 e. The van der Waals surface area contributed by atoms with Crippen LogP contribution >= 0.6 is 11.6 Å². The number of aromatic amines is 1. The van der Waals surface area contributed by atoms with Crippen molar-refractivity contribution in [3.05, 3.63) is 65.4 Å². The molecule has 3 aromatic rings. The summed E-state index contributed by atoms with van der Waals surface area (Å²) in [4.78, 5) is 19.4. The van der Waals surface area contributed by atoms with E-state index in [1.807, 2.05) is 36.9 Å². The zero-order valence-corrected chi connectivity index (χ0v) is 19.8. The van der Waals surface area contributed by atoms with Gasteiger partial charge in [0.2, 0.25) is 0 Å². The predicted octanol–water partition coefficient (Wildman–Crippen LogP) is 5.19. The average molecular weight is 469 g/mol. The van der Waals surface area contributed by atoms with Gasteiger partial charge in [-0.25, -0.2) is 0 Å². The fourth-order valence-corrected chi connectivity index (χ4v) is 3.87. The minimum Gasteiger partial charge on any atom is -0.495 e. The van der Waals surface area contributed by atoms with Crippen molar-refractivity contribution in [1.82, 2.24) is 4.98 Å². The Hall–Kier alpha value is -3.29. The quantitative estimate of drug-likeness (QED) is 0.342. The minimum atomic E-state index is -0.360. The van der Waals surface area contributed by atoms with Crippen molar-refractivity contribution in [3.63, 3.8) is 0 Å². The molecule has 2 aromatic carbocycles. The number of halogens is 1. The van der Waals surface area contributed by atoms with E-state index < -0.39 is 0 Å². The Morgan fingerprint density at radius 1 is 1.21 bits per heavy atom. The number of amides is 1. The predicted molar refractivity (Wildman–Crippen MR) is 134 cm³/mol. The summed E-state index contributed by atoms with van der Waals surface area (Å²) in [5, 5.41) is 18.3. The van der Waals surface area contributed by atoms with Gasteiger partial charge in [-0.1, -0.05) is 37.6 Å². The summed E-state index contributed by atoms with van der Waals surface area (Å²) in [7, 11) is 1.56. The lowest BCUT2D eigenvalue weighted by molar-refractivity contribution is 0.0999. The van der Waals surface area contributed by atoms with Gasteiger partial charge in [0.1, 0.15) is 11.4 Å². The molecule has 33 heavy (non-hydrogen) atoms. The molecule has 2 heterocycles. The number of aliphatic hydroxyl groups excluding tert-OH is 1. The van der Waals surface area contributed by atoms with Crippen molar-refractivity contribution >= 4 is 35.2 Å². The summed E-state index contributed by atoms with van der Waals surface area (Å²) in [6.07, 6.45) is 3.09. The lowest BCUT2D eigenvalue weighted by Gasteiger charge is -2.23. The number of methoxy groups -OCH3 is 1. The van der Waals surface area contributed by atoms with Crippen LogP contribution < -0.4 is 14.5 Å². The average Bonchev–Trinajstić information content (AvgIpc) is 3.51. The molecule has 1 atom stereocenters. The van der Waals surface area contributed by atoms with Crippen LogP contribution in [0, 0.1) is 5.41 Å². The van der Waals surface area contributed by atoms with Crippen molar-refractivity contribution < 1.29 is 14.6 Å². The van der Waals surface area contributed by atoms with Gasteiger partial charge in [-0.15, -0.1) is 0 Å². The fourth-order valence-electron chi connectivity index (χ4n) is 3.75. The first-order valence-electron chi connectivity index (χ1n) is 10.9. The highest BCUT2D eigenvalue weighted by Gasteiger charge is 2.25. The monoisotopic (exact) mass is 468 g/mol. The van der Waals surface area contributed by atoms with E-state index in [2.05, 4.69) is 4.98 Å². The molecular weight excluding hydrogens is 440 g/mol. The van der Waals surface area contributed by atoms with Crippen LogP contribution in [0.15, 0.2) is 54.7 Å². The van der Waals surface area contributed by atoms with Gasteiger partial charge in [0.25, 0.3) is 5.91 Å². The number of hydrogen-bond donors (Lipinski definition) is 3. The maximum absolute atomic E-state index is 13.1. The van der Waals surface area contributed by atoms with Crippen molar-refractivity contribution in [2.75, 3.05) is 30.0 Å². The second-order valence-corrected chi connectivity index (χ2v) is 7.79. The molecule has 4 rings (SSSR count). The highest BCUT2D eigenvalue weighted by atomic mass is 35.5. The highest BCUT2D eigenvalue weighted by Crippen LogP contribution is 2.35. The molecule has 1 aromatic heterocycles. The lowest BCUT2D eigenvalue weighted by atomic mass is 10.1. The lowest BCUT2D eigenvalue weighted by Crippen LogP contribution is -2.29. The molecule has 1 saturated heterocycles. The SMILES string of the molecule is CC.COc1cc(N(C=N)C(=O)c2cc(-c3ccc(Cl)cc3)c[nH]2)ccc1N1CC[C@@H](O)C1. The first kappa shape index (κ1) is 24.4. The Kier molecular flexibility index (Phi) is 8.14. The Morgan fingerprint density at radius 3 is 2.55 bits per heavy atom. The zero-order valence-electron chi connectivity index (χ0n) is 19.0. The van der Waals surface area contributed by atoms with Crippen molar-refractivity contribution in [3.8, 4) is 16.9 Å². The Morgan fingerprint density at radius 2 is 1.94 bits per heavy atom. The van der Waals surface area contributed by atoms with Crippen LogP contribution in [0.25, 0.3) is 11.1 Å². The molecule has 0 bridgehead atoms. The number of anilines is 2. The number of β-amino-alcohol motifs (C(OH)–C–C–N with tert-alkyl or cyclic N) is 1. The van der Waals surface area contributed by atoms with Gasteiger partial charge < -0.3 is 19.7 Å². The smallest absolute Gasteiger partial charge is 0.279 e. The molecule has 1 amide bonds. The molecule has 0 spiro atoms. The van der Waals surface area contributed by atoms with Crippen molar-refractivity contribution in [2.24, 2.45) is 0 Å². The molecule has 1 aliphatic heterocycles. The van der Waals surface area contributed by atoms with E-state index in [0.717, 1.165) is 29.7 Å². The number of carbonyl (C=O) groups is 1. The number of hydrogen-bond acceptors (Lipinski definition) is 5. The van der Waals surface area contributed by atoms with Gasteiger partial charge in [-0.3, -0.25) is 15.1 Å². The number of carbonyl (C=O) groups excluding carboxylic acids is 1. The largest absolute Gasteiger partial charge is 0.495 e. The summed E-state index contributed by atoms with van der Waals surface area (Å²) < 4.78 is 5.53. The third-order valence-corrected chi connectivity index (χ3v) is 5.64. The van der Waals surface area contributed by atoms with Gasteiger partial charge in [-0.2, -0.15) is 0 Å². The third kappa shape index (κ3) is 5.38. The molecule has 0 saturated carbocycles. The fraction of sp³-hybridized carbons (Fsp3) is 0.280. The number of aromatic nitrogens is 1. The summed E-state index contributed by atoms with van der Waals surface area (Å²) in [5.41, 5.74) is 3.51. The van der Waals surface area contributed by atoms with Gasteiger partial charge in [0, 0.05) is 30.4 Å². The Labute approximate surface area is 199 Å². The summed E-state index contributed by atoms with van der Waals surface area (Å²) in [5.74, 6) is 0.223. The molecule has 1 fully saturated rings. The molecule has 7 nitrogen and oxygen atoms in total. The van der Waals surface area contributed by atoms with Crippen LogP contribution in [0.4, 0.5) is 11.4 Å². The van der Waals surface area contributed by atoms with E-state index in [1.54, 1.807) is 43.6 Å². The van der Waals surface area contributed by atoms with Crippen LogP contribution in [0.3, 0.4) is 0 Å². The Bertz CT molecular complexity index is 1100. The van der Waals surface area contributed by atoms with E-state index in [1.165, 1.54) is 4.90 Å².